The molecule has 0 aromatic heterocycles. The minimum absolute atomic E-state index is 0.135. The molecule has 0 atom stereocenters. The van der Waals surface area contributed by atoms with E-state index in [1.54, 1.807) is 56.3 Å². The molecule has 0 aliphatic rings. The lowest BCUT2D eigenvalue weighted by Crippen LogP contribution is -2.09. The highest BCUT2D eigenvalue weighted by Crippen LogP contribution is 2.30. The summed E-state index contributed by atoms with van der Waals surface area (Å²) in [5.41, 5.74) is 0.795. The molecule has 0 amide bonds. The van der Waals surface area contributed by atoms with Crippen molar-refractivity contribution in [1.29, 1.82) is 5.26 Å². The van der Waals surface area contributed by atoms with E-state index in [1.165, 1.54) is 6.08 Å². The first kappa shape index (κ1) is 21.2. The van der Waals surface area contributed by atoms with Gasteiger partial charge in [-0.1, -0.05) is 22.0 Å². The van der Waals surface area contributed by atoms with Crippen LogP contribution in [-0.2, 0) is 9.53 Å². The molecule has 0 spiro atoms. The number of esters is 2. The minimum Gasteiger partial charge on any atom is -0.490 e. The third-order valence-corrected chi connectivity index (χ3v) is 4.01. The van der Waals surface area contributed by atoms with Gasteiger partial charge in [0.25, 0.3) is 0 Å². The minimum atomic E-state index is -0.700. The smallest absolute Gasteiger partial charge is 0.348 e. The molecule has 144 valence electrons. The maximum absolute atomic E-state index is 12.3. The molecule has 0 heterocycles. The van der Waals surface area contributed by atoms with Crippen LogP contribution in [0.2, 0.25) is 0 Å². The summed E-state index contributed by atoms with van der Waals surface area (Å²) in [6.45, 7) is 3.98. The van der Waals surface area contributed by atoms with Crippen LogP contribution in [-0.4, -0.2) is 25.2 Å². The van der Waals surface area contributed by atoms with E-state index < -0.39 is 11.9 Å². The normalized spacial score (nSPS) is 10.7. The second kappa shape index (κ2) is 10.3. The molecule has 2 aromatic rings. The van der Waals surface area contributed by atoms with Gasteiger partial charge in [-0.05, 0) is 61.9 Å². The number of nitriles is 1. The van der Waals surface area contributed by atoms with E-state index in [2.05, 4.69) is 15.9 Å². The standard InChI is InChI=1S/C21H18BrNO5/c1-3-26-19-12-14(11-16(13-23)20(24)27-4-2)5-10-18(19)28-21(25)15-6-8-17(22)9-7-15/h5-12H,3-4H2,1-2H3/b16-11+. The van der Waals surface area contributed by atoms with Crippen LogP contribution in [0.3, 0.4) is 0 Å². The molecule has 0 radical (unpaired) electrons. The highest BCUT2D eigenvalue weighted by molar-refractivity contribution is 9.10. The Labute approximate surface area is 171 Å². The van der Waals surface area contributed by atoms with Gasteiger partial charge < -0.3 is 14.2 Å². The predicted octanol–water partition coefficient (Wildman–Crippen LogP) is 4.54. The van der Waals surface area contributed by atoms with E-state index in [1.807, 2.05) is 6.07 Å². The third kappa shape index (κ3) is 5.69. The van der Waals surface area contributed by atoms with Crippen molar-refractivity contribution in [3.63, 3.8) is 0 Å². The number of carbonyl (C=O) groups is 2. The van der Waals surface area contributed by atoms with Crippen molar-refractivity contribution in [2.45, 2.75) is 13.8 Å². The van der Waals surface area contributed by atoms with E-state index >= 15 is 0 Å². The number of hydrogen-bond donors (Lipinski definition) is 0. The zero-order chi connectivity index (χ0) is 20.5. The molecule has 0 aliphatic carbocycles. The third-order valence-electron chi connectivity index (χ3n) is 3.48. The maximum Gasteiger partial charge on any atom is 0.348 e. The lowest BCUT2D eigenvalue weighted by atomic mass is 10.1. The van der Waals surface area contributed by atoms with Crippen molar-refractivity contribution in [1.82, 2.24) is 0 Å². The number of halogens is 1. The second-order valence-corrected chi connectivity index (χ2v) is 6.34. The summed E-state index contributed by atoms with van der Waals surface area (Å²) < 4.78 is 16.7. The summed E-state index contributed by atoms with van der Waals surface area (Å²) in [4.78, 5) is 24.1. The molecule has 0 N–H and O–H groups in total. The maximum atomic E-state index is 12.3. The summed E-state index contributed by atoms with van der Waals surface area (Å²) in [5, 5.41) is 9.15. The molecule has 0 fully saturated rings. The Morgan fingerprint density at radius 1 is 1.07 bits per heavy atom. The van der Waals surface area contributed by atoms with Crippen LogP contribution in [0.1, 0.15) is 29.8 Å². The summed E-state index contributed by atoms with van der Waals surface area (Å²) >= 11 is 3.31. The van der Waals surface area contributed by atoms with Crippen molar-refractivity contribution in [2.24, 2.45) is 0 Å². The van der Waals surface area contributed by atoms with Gasteiger partial charge in [-0.15, -0.1) is 0 Å². The topological polar surface area (TPSA) is 85.6 Å². The Kier molecular flexibility index (Phi) is 7.78. The summed E-state index contributed by atoms with van der Waals surface area (Å²) in [5.74, 6) is -0.667. The number of ether oxygens (including phenoxy) is 3. The molecular formula is C21H18BrNO5. The average Bonchev–Trinajstić information content (AvgIpc) is 2.68. The van der Waals surface area contributed by atoms with Crippen molar-refractivity contribution < 1.29 is 23.8 Å². The van der Waals surface area contributed by atoms with E-state index in [9.17, 15) is 9.59 Å². The largest absolute Gasteiger partial charge is 0.490 e. The van der Waals surface area contributed by atoms with Gasteiger partial charge in [-0.2, -0.15) is 5.26 Å². The van der Waals surface area contributed by atoms with Crippen molar-refractivity contribution in [3.05, 3.63) is 63.6 Å². The first-order chi connectivity index (χ1) is 13.5. The van der Waals surface area contributed by atoms with Crippen LogP contribution in [0.15, 0.2) is 52.5 Å². The number of nitrogens with zero attached hydrogens (tertiary/aromatic N) is 1. The molecule has 0 saturated heterocycles. The van der Waals surface area contributed by atoms with Gasteiger partial charge in [0.2, 0.25) is 0 Å². The molecule has 0 aliphatic heterocycles. The van der Waals surface area contributed by atoms with Gasteiger partial charge in [-0.3, -0.25) is 0 Å². The second-order valence-electron chi connectivity index (χ2n) is 5.43. The zero-order valence-electron chi connectivity index (χ0n) is 15.4. The number of carbonyl (C=O) groups excluding carboxylic acids is 2. The average molecular weight is 444 g/mol. The lowest BCUT2D eigenvalue weighted by molar-refractivity contribution is -0.137. The van der Waals surface area contributed by atoms with E-state index in [0.717, 1.165) is 4.47 Å². The number of hydrogen-bond acceptors (Lipinski definition) is 6. The van der Waals surface area contributed by atoms with E-state index in [0.29, 0.717) is 23.5 Å². The molecule has 2 aromatic carbocycles. The van der Waals surface area contributed by atoms with Gasteiger partial charge in [0.15, 0.2) is 11.5 Å². The van der Waals surface area contributed by atoms with Crippen molar-refractivity contribution in [3.8, 4) is 17.6 Å². The van der Waals surface area contributed by atoms with Crippen LogP contribution in [0.4, 0.5) is 0 Å². The van der Waals surface area contributed by atoms with E-state index in [4.69, 9.17) is 19.5 Å². The Balaban J connectivity index is 2.29. The first-order valence-corrected chi connectivity index (χ1v) is 9.31. The van der Waals surface area contributed by atoms with E-state index in [-0.39, 0.29) is 17.9 Å². The van der Waals surface area contributed by atoms with Gasteiger partial charge in [0.1, 0.15) is 11.6 Å². The highest BCUT2D eigenvalue weighted by atomic mass is 79.9. The van der Waals surface area contributed by atoms with Crippen LogP contribution in [0, 0.1) is 11.3 Å². The van der Waals surface area contributed by atoms with Crippen molar-refractivity contribution >= 4 is 33.9 Å². The molecular weight excluding hydrogens is 426 g/mol. The first-order valence-electron chi connectivity index (χ1n) is 8.52. The highest BCUT2D eigenvalue weighted by Gasteiger charge is 2.15. The molecule has 0 bridgehead atoms. The van der Waals surface area contributed by atoms with Crippen molar-refractivity contribution in [2.75, 3.05) is 13.2 Å². The SMILES string of the molecule is CCOC(=O)/C(C#N)=C/c1ccc(OC(=O)c2ccc(Br)cc2)c(OCC)c1. The Bertz CT molecular complexity index is 929. The number of rotatable bonds is 7. The molecule has 6 nitrogen and oxygen atoms in total. The Morgan fingerprint density at radius 3 is 2.39 bits per heavy atom. The van der Waals surface area contributed by atoms with Gasteiger partial charge in [-0.25, -0.2) is 9.59 Å². The summed E-state index contributed by atoms with van der Waals surface area (Å²) in [6, 6.07) is 13.3. The zero-order valence-corrected chi connectivity index (χ0v) is 17.0. The molecule has 2 rings (SSSR count). The monoisotopic (exact) mass is 443 g/mol. The molecule has 28 heavy (non-hydrogen) atoms. The van der Waals surface area contributed by atoms with Gasteiger partial charge in [0, 0.05) is 4.47 Å². The molecule has 0 unspecified atom stereocenters. The fourth-order valence-corrected chi connectivity index (χ4v) is 2.49. The van der Waals surface area contributed by atoms with Crippen LogP contribution in [0.25, 0.3) is 6.08 Å². The quantitative estimate of drug-likeness (QED) is 0.270. The Morgan fingerprint density at radius 2 is 1.79 bits per heavy atom. The van der Waals surface area contributed by atoms with Crippen LogP contribution >= 0.6 is 15.9 Å². The lowest BCUT2D eigenvalue weighted by Gasteiger charge is -2.11. The van der Waals surface area contributed by atoms with Crippen LogP contribution in [0.5, 0.6) is 11.5 Å². The summed E-state index contributed by atoms with van der Waals surface area (Å²) in [7, 11) is 0. The van der Waals surface area contributed by atoms with Crippen LogP contribution < -0.4 is 9.47 Å². The fraction of sp³-hybridized carbons (Fsp3) is 0.190. The summed E-state index contributed by atoms with van der Waals surface area (Å²) in [6.07, 6.45) is 1.39. The fourth-order valence-electron chi connectivity index (χ4n) is 2.22. The predicted molar refractivity (Wildman–Crippen MR) is 107 cm³/mol. The van der Waals surface area contributed by atoms with Gasteiger partial charge >= 0.3 is 11.9 Å². The Hall–Kier alpha value is -3.11. The number of benzene rings is 2. The molecule has 0 saturated carbocycles. The molecule has 7 heteroatoms. The van der Waals surface area contributed by atoms with Gasteiger partial charge in [0.05, 0.1) is 18.8 Å².